The molecule has 0 spiro atoms. The van der Waals surface area contributed by atoms with Gasteiger partial charge in [0.05, 0.1) is 21.1 Å². The number of aryl methyl sites for hydroxylation is 1. The number of nitrogens with zero attached hydrogens (tertiary/aromatic N) is 3. The van der Waals surface area contributed by atoms with Gasteiger partial charge in [-0.25, -0.2) is 0 Å². The molecule has 0 radical (unpaired) electrons. The number of anilines is 1. The van der Waals surface area contributed by atoms with Gasteiger partial charge in [-0.05, 0) is 42.1 Å². The van der Waals surface area contributed by atoms with Gasteiger partial charge in [0, 0.05) is 24.4 Å². The van der Waals surface area contributed by atoms with E-state index in [1.54, 1.807) is 29.7 Å². The smallest absolute Gasteiger partial charge is 0.226 e. The molecule has 27 heavy (non-hydrogen) atoms. The first-order valence-electron chi connectivity index (χ1n) is 8.40. The lowest BCUT2D eigenvalue weighted by Crippen LogP contribution is -2.12. The van der Waals surface area contributed by atoms with E-state index in [-0.39, 0.29) is 5.91 Å². The molecule has 0 fully saturated rings. The molecule has 1 N–H and O–H groups in total. The minimum atomic E-state index is -0.0829. The average molecular weight is 399 g/mol. The predicted octanol–water partition coefficient (Wildman–Crippen LogP) is 4.96. The van der Waals surface area contributed by atoms with E-state index >= 15 is 0 Å². The van der Waals surface area contributed by atoms with E-state index in [1.807, 2.05) is 29.6 Å². The Morgan fingerprint density at radius 3 is 3.00 bits per heavy atom. The zero-order valence-electron chi connectivity index (χ0n) is 14.2. The zero-order chi connectivity index (χ0) is 18.6. The molecule has 0 unspecified atom stereocenters. The third-order valence-corrected chi connectivity index (χ3v) is 5.17. The standard InChI is InChI=1S/C19H15ClN4O2S/c20-13-8-9-14(12-4-2-10-21-18(12)13)22-16(25)6-1-7-17-23-19(24-26-17)15-5-3-11-27-15/h2-5,8-11H,1,6-7H2,(H,22,25). The number of rotatable bonds is 6. The van der Waals surface area contributed by atoms with Crippen molar-refractivity contribution in [1.29, 1.82) is 0 Å². The molecular formula is C19H15ClN4O2S. The van der Waals surface area contributed by atoms with Crippen molar-refractivity contribution < 1.29 is 9.32 Å². The van der Waals surface area contributed by atoms with Gasteiger partial charge in [0.15, 0.2) is 0 Å². The summed E-state index contributed by atoms with van der Waals surface area (Å²) in [7, 11) is 0. The minimum Gasteiger partial charge on any atom is -0.339 e. The first-order valence-corrected chi connectivity index (χ1v) is 9.66. The van der Waals surface area contributed by atoms with Crippen molar-refractivity contribution in [3.05, 3.63) is 58.9 Å². The maximum Gasteiger partial charge on any atom is 0.226 e. The Labute approximate surface area is 164 Å². The fourth-order valence-corrected chi connectivity index (χ4v) is 3.59. The molecule has 0 atom stereocenters. The molecule has 3 aromatic heterocycles. The maximum atomic E-state index is 12.3. The van der Waals surface area contributed by atoms with Gasteiger partial charge < -0.3 is 9.84 Å². The highest BCUT2D eigenvalue weighted by atomic mass is 35.5. The van der Waals surface area contributed by atoms with Crippen LogP contribution in [0.4, 0.5) is 5.69 Å². The summed E-state index contributed by atoms with van der Waals surface area (Å²) in [5.74, 6) is 1.04. The number of pyridine rings is 1. The lowest BCUT2D eigenvalue weighted by molar-refractivity contribution is -0.116. The highest BCUT2D eigenvalue weighted by molar-refractivity contribution is 7.13. The normalized spacial score (nSPS) is 11.0. The van der Waals surface area contributed by atoms with Crippen molar-refractivity contribution in [1.82, 2.24) is 15.1 Å². The van der Waals surface area contributed by atoms with Crippen LogP contribution in [0.1, 0.15) is 18.7 Å². The molecule has 0 bridgehead atoms. The van der Waals surface area contributed by atoms with Gasteiger partial charge in [-0.2, -0.15) is 4.98 Å². The fraction of sp³-hybridized carbons (Fsp3) is 0.158. The lowest BCUT2D eigenvalue weighted by Gasteiger charge is -2.09. The quantitative estimate of drug-likeness (QED) is 0.496. The average Bonchev–Trinajstić information content (AvgIpc) is 3.36. The number of thiophene rings is 1. The molecule has 1 amide bonds. The summed E-state index contributed by atoms with van der Waals surface area (Å²) in [6.45, 7) is 0. The van der Waals surface area contributed by atoms with E-state index < -0.39 is 0 Å². The number of carbonyl (C=O) groups is 1. The lowest BCUT2D eigenvalue weighted by atomic mass is 10.1. The highest BCUT2D eigenvalue weighted by Crippen LogP contribution is 2.28. The van der Waals surface area contributed by atoms with Crippen LogP contribution >= 0.6 is 22.9 Å². The number of nitrogens with one attached hydrogen (secondary N) is 1. The van der Waals surface area contributed by atoms with E-state index in [0.29, 0.717) is 47.2 Å². The Morgan fingerprint density at radius 1 is 1.22 bits per heavy atom. The molecule has 0 aliphatic rings. The van der Waals surface area contributed by atoms with Crippen molar-refractivity contribution in [3.8, 4) is 10.7 Å². The highest BCUT2D eigenvalue weighted by Gasteiger charge is 2.12. The second kappa shape index (κ2) is 7.85. The van der Waals surface area contributed by atoms with Gasteiger partial charge in [-0.3, -0.25) is 9.78 Å². The van der Waals surface area contributed by atoms with Crippen LogP contribution in [0.2, 0.25) is 5.02 Å². The van der Waals surface area contributed by atoms with E-state index in [4.69, 9.17) is 16.1 Å². The minimum absolute atomic E-state index is 0.0829. The Morgan fingerprint density at radius 2 is 2.15 bits per heavy atom. The van der Waals surface area contributed by atoms with Gasteiger partial charge in [-0.1, -0.05) is 22.8 Å². The number of benzene rings is 1. The van der Waals surface area contributed by atoms with Gasteiger partial charge in [0.25, 0.3) is 0 Å². The number of hydrogen-bond acceptors (Lipinski definition) is 6. The second-order valence-corrected chi connectivity index (χ2v) is 7.24. The van der Waals surface area contributed by atoms with Crippen molar-refractivity contribution in [2.75, 3.05) is 5.32 Å². The molecule has 3 heterocycles. The molecule has 1 aromatic carbocycles. The van der Waals surface area contributed by atoms with Crippen LogP contribution in [-0.4, -0.2) is 21.0 Å². The summed E-state index contributed by atoms with van der Waals surface area (Å²) < 4.78 is 5.25. The van der Waals surface area contributed by atoms with Crippen molar-refractivity contribution in [2.24, 2.45) is 0 Å². The number of fused-ring (bicyclic) bond motifs is 1. The molecule has 0 aliphatic carbocycles. The van der Waals surface area contributed by atoms with Crippen molar-refractivity contribution in [2.45, 2.75) is 19.3 Å². The predicted molar refractivity (Wildman–Crippen MR) is 106 cm³/mol. The van der Waals surface area contributed by atoms with Gasteiger partial charge in [0.1, 0.15) is 0 Å². The van der Waals surface area contributed by atoms with E-state index in [1.165, 1.54) is 0 Å². The number of hydrogen-bond donors (Lipinski definition) is 1. The van der Waals surface area contributed by atoms with Gasteiger partial charge in [0.2, 0.25) is 17.6 Å². The Bertz CT molecular complexity index is 1080. The summed E-state index contributed by atoms with van der Waals surface area (Å²) in [6.07, 6.45) is 3.19. The molecule has 4 rings (SSSR count). The summed E-state index contributed by atoms with van der Waals surface area (Å²) in [5.41, 5.74) is 1.37. The van der Waals surface area contributed by atoms with Crippen molar-refractivity contribution in [3.63, 3.8) is 0 Å². The van der Waals surface area contributed by atoms with Crippen LogP contribution in [0.5, 0.6) is 0 Å². The monoisotopic (exact) mass is 398 g/mol. The van der Waals surface area contributed by atoms with Gasteiger partial charge >= 0.3 is 0 Å². The zero-order valence-corrected chi connectivity index (χ0v) is 15.8. The Balaban J connectivity index is 1.35. The number of aromatic nitrogens is 3. The third kappa shape index (κ3) is 3.99. The van der Waals surface area contributed by atoms with Gasteiger partial charge in [-0.15, -0.1) is 11.3 Å². The molecule has 0 aliphatic heterocycles. The molecule has 6 nitrogen and oxygen atoms in total. The largest absolute Gasteiger partial charge is 0.339 e. The topological polar surface area (TPSA) is 80.9 Å². The molecule has 0 saturated carbocycles. The van der Waals surface area contributed by atoms with Crippen LogP contribution < -0.4 is 5.32 Å². The first kappa shape index (κ1) is 17.6. The second-order valence-electron chi connectivity index (χ2n) is 5.89. The summed E-state index contributed by atoms with van der Waals surface area (Å²) >= 11 is 7.72. The first-order chi connectivity index (χ1) is 13.2. The van der Waals surface area contributed by atoms with Crippen LogP contribution in [0.3, 0.4) is 0 Å². The van der Waals surface area contributed by atoms with Crippen LogP contribution in [-0.2, 0) is 11.2 Å². The SMILES string of the molecule is O=C(CCCc1nc(-c2cccs2)no1)Nc1ccc(Cl)c2ncccc12. The van der Waals surface area contributed by atoms with E-state index in [2.05, 4.69) is 20.4 Å². The molecule has 0 saturated heterocycles. The summed E-state index contributed by atoms with van der Waals surface area (Å²) in [4.78, 5) is 21.9. The van der Waals surface area contributed by atoms with Crippen LogP contribution in [0.25, 0.3) is 21.6 Å². The third-order valence-electron chi connectivity index (χ3n) is 4.00. The number of amides is 1. The van der Waals surface area contributed by atoms with Crippen LogP contribution in [0.15, 0.2) is 52.5 Å². The Hall–Kier alpha value is -2.77. The fourth-order valence-electron chi connectivity index (χ4n) is 2.72. The van der Waals surface area contributed by atoms with Crippen LogP contribution in [0, 0.1) is 0 Å². The summed E-state index contributed by atoms with van der Waals surface area (Å²) in [5, 5.41) is 10.2. The Kier molecular flexibility index (Phi) is 5.13. The van der Waals surface area contributed by atoms with E-state index in [0.717, 1.165) is 10.3 Å². The van der Waals surface area contributed by atoms with E-state index in [9.17, 15) is 4.79 Å². The molecular weight excluding hydrogens is 384 g/mol. The maximum absolute atomic E-state index is 12.3. The molecule has 4 aromatic rings. The van der Waals surface area contributed by atoms with Crippen molar-refractivity contribution >= 4 is 45.4 Å². The molecule has 8 heteroatoms. The summed E-state index contributed by atoms with van der Waals surface area (Å²) in [6, 6.07) is 11.1. The molecule has 136 valence electrons. The number of halogens is 1. The number of carbonyl (C=O) groups excluding carboxylic acids is 1.